The largest absolute Gasteiger partial charge is 0.462 e. The van der Waals surface area contributed by atoms with E-state index in [1.807, 2.05) is 6.92 Å². The molecule has 0 saturated carbocycles. The predicted octanol–water partition coefficient (Wildman–Crippen LogP) is 3.16. The summed E-state index contributed by atoms with van der Waals surface area (Å²) in [6.07, 6.45) is 0.918. The summed E-state index contributed by atoms with van der Waals surface area (Å²) in [6.45, 7) is 13.7. The number of carbonyl (C=O) groups excluding carboxylic acids is 2. The maximum atomic E-state index is 12.7. The number of H-pyrrole nitrogens is 1. The number of nitrogens with one attached hydrogen (secondary N) is 2. The fourth-order valence-electron chi connectivity index (χ4n) is 2.48. The lowest BCUT2D eigenvalue weighted by Crippen LogP contribution is -2.47. The zero-order valence-electron chi connectivity index (χ0n) is 14.7. The van der Waals surface area contributed by atoms with Crippen molar-refractivity contribution in [1.29, 1.82) is 0 Å². The molecule has 1 heterocycles. The van der Waals surface area contributed by atoms with Crippen molar-refractivity contribution in [2.24, 2.45) is 0 Å². The molecule has 22 heavy (non-hydrogen) atoms. The van der Waals surface area contributed by atoms with Gasteiger partial charge in [-0.05, 0) is 53.5 Å². The highest BCUT2D eigenvalue weighted by atomic mass is 16.5. The Balaban J connectivity index is 3.05. The van der Waals surface area contributed by atoms with Crippen molar-refractivity contribution in [3.05, 3.63) is 22.5 Å². The number of aryl methyl sites for hydroxylation is 1. The second-order valence-corrected chi connectivity index (χ2v) is 6.31. The van der Waals surface area contributed by atoms with Gasteiger partial charge in [0.15, 0.2) is 5.78 Å². The van der Waals surface area contributed by atoms with Crippen molar-refractivity contribution in [3.8, 4) is 0 Å². The normalized spacial score (nSPS) is 13.0. The van der Waals surface area contributed by atoms with Gasteiger partial charge in [-0.1, -0.05) is 6.92 Å². The van der Waals surface area contributed by atoms with Crippen LogP contribution in [-0.2, 0) is 4.74 Å². The smallest absolute Gasteiger partial charge is 0.340 e. The Kier molecular flexibility index (Phi) is 5.94. The molecule has 0 fully saturated rings. The molecule has 0 aliphatic heterocycles. The molecule has 1 rings (SSSR count). The van der Waals surface area contributed by atoms with Gasteiger partial charge in [-0.3, -0.25) is 4.79 Å². The number of esters is 1. The van der Waals surface area contributed by atoms with Crippen LogP contribution in [0.1, 0.15) is 73.1 Å². The first kappa shape index (κ1) is 18.4. The number of aromatic nitrogens is 1. The highest BCUT2D eigenvalue weighted by Crippen LogP contribution is 2.21. The second-order valence-electron chi connectivity index (χ2n) is 6.31. The van der Waals surface area contributed by atoms with E-state index < -0.39 is 0 Å². The highest BCUT2D eigenvalue weighted by Gasteiger charge is 2.28. The Labute approximate surface area is 132 Å². The number of carbonyl (C=O) groups is 2. The zero-order chi connectivity index (χ0) is 17.1. The standard InChI is InChI=1S/C17H28N2O3/c1-8-17(6,7)19-12(5)15(20)14-10(3)13(11(4)18-14)16(21)22-9-2/h12,18-19H,8-9H2,1-7H3/t12-/m1/s1. The van der Waals surface area contributed by atoms with Crippen molar-refractivity contribution < 1.29 is 14.3 Å². The minimum Gasteiger partial charge on any atom is -0.462 e. The van der Waals surface area contributed by atoms with Crippen LogP contribution in [0.2, 0.25) is 0 Å². The van der Waals surface area contributed by atoms with Crippen molar-refractivity contribution in [2.75, 3.05) is 6.61 Å². The van der Waals surface area contributed by atoms with Crippen LogP contribution in [0, 0.1) is 13.8 Å². The minimum absolute atomic E-state index is 0.0438. The van der Waals surface area contributed by atoms with E-state index in [0.717, 1.165) is 6.42 Å². The van der Waals surface area contributed by atoms with Gasteiger partial charge >= 0.3 is 5.97 Å². The summed E-state index contributed by atoms with van der Waals surface area (Å²) in [4.78, 5) is 27.7. The zero-order valence-corrected chi connectivity index (χ0v) is 14.7. The molecule has 0 bridgehead atoms. The number of ketones is 1. The summed E-state index contributed by atoms with van der Waals surface area (Å²) >= 11 is 0. The number of aromatic amines is 1. The number of Topliss-reactive ketones (excluding diaryl/α,β-unsaturated/α-hetero) is 1. The van der Waals surface area contributed by atoms with Gasteiger partial charge in [0.05, 0.1) is 23.9 Å². The van der Waals surface area contributed by atoms with Crippen LogP contribution in [0.5, 0.6) is 0 Å². The molecule has 2 N–H and O–H groups in total. The quantitative estimate of drug-likeness (QED) is 0.599. The third-order valence-corrected chi connectivity index (χ3v) is 4.05. The van der Waals surface area contributed by atoms with Gasteiger partial charge in [0.25, 0.3) is 0 Å². The fourth-order valence-corrected chi connectivity index (χ4v) is 2.48. The van der Waals surface area contributed by atoms with Crippen LogP contribution >= 0.6 is 0 Å². The molecular formula is C17H28N2O3. The van der Waals surface area contributed by atoms with Crippen molar-refractivity contribution >= 4 is 11.8 Å². The van der Waals surface area contributed by atoms with Crippen LogP contribution in [0.3, 0.4) is 0 Å². The number of ether oxygens (including phenoxy) is 1. The minimum atomic E-state index is -0.387. The molecule has 0 aliphatic carbocycles. The van der Waals surface area contributed by atoms with E-state index >= 15 is 0 Å². The van der Waals surface area contributed by atoms with Crippen LogP contribution in [0.4, 0.5) is 0 Å². The number of hydrogen-bond donors (Lipinski definition) is 2. The maximum Gasteiger partial charge on any atom is 0.340 e. The average Bonchev–Trinajstić information content (AvgIpc) is 2.73. The van der Waals surface area contributed by atoms with Crippen LogP contribution in [0.25, 0.3) is 0 Å². The van der Waals surface area contributed by atoms with Gasteiger partial charge in [0.1, 0.15) is 0 Å². The molecule has 0 aliphatic rings. The molecule has 0 unspecified atom stereocenters. The fraction of sp³-hybridized carbons (Fsp3) is 0.647. The number of hydrogen-bond acceptors (Lipinski definition) is 4. The first-order valence-corrected chi connectivity index (χ1v) is 7.82. The van der Waals surface area contributed by atoms with Crippen molar-refractivity contribution in [1.82, 2.24) is 10.3 Å². The van der Waals surface area contributed by atoms with E-state index in [2.05, 4.69) is 31.1 Å². The molecule has 1 aromatic rings. The van der Waals surface area contributed by atoms with Gasteiger partial charge in [0.2, 0.25) is 0 Å². The lowest BCUT2D eigenvalue weighted by molar-refractivity contribution is 0.0525. The molecule has 1 aromatic heterocycles. The van der Waals surface area contributed by atoms with Crippen LogP contribution in [-0.4, -0.2) is 34.9 Å². The average molecular weight is 308 g/mol. The molecule has 5 nitrogen and oxygen atoms in total. The Morgan fingerprint density at radius 3 is 2.36 bits per heavy atom. The van der Waals surface area contributed by atoms with Gasteiger partial charge in [-0.2, -0.15) is 0 Å². The van der Waals surface area contributed by atoms with E-state index in [1.54, 1.807) is 20.8 Å². The highest BCUT2D eigenvalue weighted by molar-refractivity contribution is 6.03. The van der Waals surface area contributed by atoms with E-state index in [9.17, 15) is 9.59 Å². The monoisotopic (exact) mass is 308 g/mol. The summed E-state index contributed by atoms with van der Waals surface area (Å²) in [6, 6.07) is -0.332. The van der Waals surface area contributed by atoms with Gasteiger partial charge < -0.3 is 15.0 Å². The molecule has 124 valence electrons. The summed E-state index contributed by atoms with van der Waals surface area (Å²) < 4.78 is 5.06. The molecule has 5 heteroatoms. The Morgan fingerprint density at radius 2 is 1.86 bits per heavy atom. The van der Waals surface area contributed by atoms with Crippen LogP contribution in [0.15, 0.2) is 0 Å². The molecular weight excluding hydrogens is 280 g/mol. The molecule has 0 amide bonds. The SMILES string of the molecule is CCOC(=O)c1c(C)[nH]c(C(=O)[C@@H](C)NC(C)(C)CC)c1C. The summed E-state index contributed by atoms with van der Waals surface area (Å²) in [5, 5.41) is 3.33. The summed E-state index contributed by atoms with van der Waals surface area (Å²) in [5.74, 6) is -0.431. The first-order valence-electron chi connectivity index (χ1n) is 7.82. The van der Waals surface area contributed by atoms with E-state index in [0.29, 0.717) is 29.1 Å². The van der Waals surface area contributed by atoms with E-state index in [-0.39, 0.29) is 23.3 Å². The van der Waals surface area contributed by atoms with E-state index in [4.69, 9.17) is 4.74 Å². The third kappa shape index (κ3) is 3.97. The molecule has 1 atom stereocenters. The molecule has 0 spiro atoms. The van der Waals surface area contributed by atoms with Crippen molar-refractivity contribution in [2.45, 2.75) is 66.5 Å². The molecule has 0 aromatic carbocycles. The second kappa shape index (κ2) is 7.09. The third-order valence-electron chi connectivity index (χ3n) is 4.05. The van der Waals surface area contributed by atoms with Gasteiger partial charge in [0, 0.05) is 11.2 Å². The summed E-state index contributed by atoms with van der Waals surface area (Å²) in [7, 11) is 0. The first-order chi connectivity index (χ1) is 10.1. The Bertz CT molecular complexity index is 558. The molecule has 0 radical (unpaired) electrons. The lowest BCUT2D eigenvalue weighted by atomic mass is 9.98. The van der Waals surface area contributed by atoms with Gasteiger partial charge in [-0.25, -0.2) is 4.79 Å². The Morgan fingerprint density at radius 1 is 1.27 bits per heavy atom. The van der Waals surface area contributed by atoms with Gasteiger partial charge in [-0.15, -0.1) is 0 Å². The topological polar surface area (TPSA) is 71.2 Å². The Hall–Kier alpha value is -1.62. The number of rotatable bonds is 7. The van der Waals surface area contributed by atoms with Crippen molar-refractivity contribution in [3.63, 3.8) is 0 Å². The summed E-state index contributed by atoms with van der Waals surface area (Å²) in [5.41, 5.74) is 2.15. The predicted molar refractivity (Wildman–Crippen MR) is 87.5 cm³/mol. The van der Waals surface area contributed by atoms with E-state index in [1.165, 1.54) is 0 Å². The van der Waals surface area contributed by atoms with Crippen LogP contribution < -0.4 is 5.32 Å². The lowest BCUT2D eigenvalue weighted by Gasteiger charge is -2.28. The molecule has 0 saturated heterocycles. The maximum absolute atomic E-state index is 12.7.